The zero-order valence-electron chi connectivity index (χ0n) is 7.28. The number of guanidine groups is 1. The predicted molar refractivity (Wildman–Crippen MR) is 47.7 cm³/mol. The van der Waals surface area contributed by atoms with E-state index in [9.17, 15) is 0 Å². The highest BCUT2D eigenvalue weighted by Gasteiger charge is 1.96. The van der Waals surface area contributed by atoms with Gasteiger partial charge in [-0.3, -0.25) is 5.41 Å². The summed E-state index contributed by atoms with van der Waals surface area (Å²) in [6.07, 6.45) is 2.15. The maximum atomic E-state index is 6.88. The summed E-state index contributed by atoms with van der Waals surface area (Å²) in [5.41, 5.74) is 5.10. The number of nitrogens with one attached hydrogen (secondary N) is 3. The van der Waals surface area contributed by atoms with Gasteiger partial charge in [0.15, 0.2) is 5.96 Å². The van der Waals surface area contributed by atoms with E-state index in [1.54, 1.807) is 0 Å². The molecule has 0 fully saturated rings. The van der Waals surface area contributed by atoms with Gasteiger partial charge in [0.25, 0.3) is 0 Å². The Balaban J connectivity index is 3.08. The third kappa shape index (κ3) is 7.12. The van der Waals surface area contributed by atoms with E-state index in [2.05, 4.69) is 17.6 Å². The van der Waals surface area contributed by atoms with Gasteiger partial charge in [-0.15, -0.1) is 0 Å². The van der Waals surface area contributed by atoms with Crippen LogP contribution in [0.2, 0.25) is 0 Å². The van der Waals surface area contributed by atoms with Crippen molar-refractivity contribution in [1.29, 1.82) is 5.41 Å². The second-order valence-corrected chi connectivity index (χ2v) is 2.67. The third-order valence-corrected chi connectivity index (χ3v) is 1.62. The molecular formula is C7H18N4. The first-order valence-corrected chi connectivity index (χ1v) is 3.92. The molecule has 0 aromatic carbocycles. The molecule has 0 amide bonds. The summed E-state index contributed by atoms with van der Waals surface area (Å²) in [7, 11) is 1.95. The van der Waals surface area contributed by atoms with Crippen LogP contribution in [0.3, 0.4) is 0 Å². The molecule has 0 rings (SSSR count). The van der Waals surface area contributed by atoms with E-state index >= 15 is 0 Å². The van der Waals surface area contributed by atoms with Crippen LogP contribution in [0.5, 0.6) is 0 Å². The molecule has 0 radical (unpaired) electrons. The van der Waals surface area contributed by atoms with E-state index in [-0.39, 0.29) is 5.96 Å². The van der Waals surface area contributed by atoms with E-state index in [1.807, 2.05) is 7.05 Å². The SMILES string of the molecule is CNC(C)CCCNC(=N)N. The summed E-state index contributed by atoms with van der Waals surface area (Å²) < 4.78 is 0. The van der Waals surface area contributed by atoms with Gasteiger partial charge in [0.1, 0.15) is 0 Å². The lowest BCUT2D eigenvalue weighted by Gasteiger charge is -2.09. The first-order chi connectivity index (χ1) is 5.16. The van der Waals surface area contributed by atoms with Crippen molar-refractivity contribution < 1.29 is 0 Å². The average Bonchev–Trinajstić information content (AvgIpc) is 1.97. The van der Waals surface area contributed by atoms with E-state index in [1.165, 1.54) is 0 Å². The molecule has 4 heteroatoms. The molecule has 0 aromatic rings. The van der Waals surface area contributed by atoms with Gasteiger partial charge in [-0.25, -0.2) is 0 Å². The van der Waals surface area contributed by atoms with Gasteiger partial charge in [0.2, 0.25) is 0 Å². The quantitative estimate of drug-likeness (QED) is 0.255. The fourth-order valence-electron chi connectivity index (χ4n) is 0.776. The van der Waals surface area contributed by atoms with Crippen molar-refractivity contribution in [2.45, 2.75) is 25.8 Å². The number of nitrogens with two attached hydrogens (primary N) is 1. The van der Waals surface area contributed by atoms with Crippen LogP contribution in [0.1, 0.15) is 19.8 Å². The monoisotopic (exact) mass is 158 g/mol. The van der Waals surface area contributed by atoms with Crippen molar-refractivity contribution in [2.24, 2.45) is 5.73 Å². The van der Waals surface area contributed by atoms with Crippen LogP contribution in [-0.4, -0.2) is 25.6 Å². The van der Waals surface area contributed by atoms with Crippen LogP contribution in [0, 0.1) is 5.41 Å². The van der Waals surface area contributed by atoms with Crippen LogP contribution in [0.15, 0.2) is 0 Å². The number of hydrogen-bond donors (Lipinski definition) is 4. The van der Waals surface area contributed by atoms with Crippen LogP contribution in [0.25, 0.3) is 0 Å². The van der Waals surface area contributed by atoms with Crippen molar-refractivity contribution >= 4 is 5.96 Å². The molecule has 1 unspecified atom stereocenters. The van der Waals surface area contributed by atoms with Crippen LogP contribution >= 0.6 is 0 Å². The minimum atomic E-state index is 0.0575. The van der Waals surface area contributed by atoms with Crippen LogP contribution < -0.4 is 16.4 Å². The predicted octanol–water partition coefficient (Wildman–Crippen LogP) is -0.142. The number of rotatable bonds is 5. The van der Waals surface area contributed by atoms with E-state index in [0.717, 1.165) is 19.4 Å². The molecule has 1 atom stereocenters. The Morgan fingerprint density at radius 1 is 1.64 bits per heavy atom. The molecule has 5 N–H and O–H groups in total. The lowest BCUT2D eigenvalue weighted by atomic mass is 10.2. The highest BCUT2D eigenvalue weighted by molar-refractivity contribution is 5.74. The molecule has 0 aromatic heterocycles. The minimum absolute atomic E-state index is 0.0575. The summed E-state index contributed by atoms with van der Waals surface area (Å²) in [6.45, 7) is 2.93. The Labute approximate surface area is 68.1 Å². The molecule has 4 nitrogen and oxygen atoms in total. The molecule has 0 saturated carbocycles. The topological polar surface area (TPSA) is 73.9 Å². The molecule has 0 spiro atoms. The number of hydrogen-bond acceptors (Lipinski definition) is 2. The molecule has 0 bridgehead atoms. The minimum Gasteiger partial charge on any atom is -0.370 e. The van der Waals surface area contributed by atoms with Gasteiger partial charge in [-0.1, -0.05) is 0 Å². The van der Waals surface area contributed by atoms with Gasteiger partial charge < -0.3 is 16.4 Å². The zero-order chi connectivity index (χ0) is 8.69. The smallest absolute Gasteiger partial charge is 0.185 e. The Morgan fingerprint density at radius 2 is 2.27 bits per heavy atom. The van der Waals surface area contributed by atoms with Crippen molar-refractivity contribution in [3.8, 4) is 0 Å². The summed E-state index contributed by atoms with van der Waals surface area (Å²) in [5.74, 6) is 0.0575. The van der Waals surface area contributed by atoms with Crippen molar-refractivity contribution in [3.63, 3.8) is 0 Å². The summed E-state index contributed by atoms with van der Waals surface area (Å²) in [5, 5.41) is 12.8. The normalized spacial score (nSPS) is 12.5. The Kier molecular flexibility index (Phi) is 5.56. The molecule has 66 valence electrons. The molecule has 0 aliphatic heterocycles. The fourth-order valence-corrected chi connectivity index (χ4v) is 0.776. The van der Waals surface area contributed by atoms with Crippen molar-refractivity contribution in [1.82, 2.24) is 10.6 Å². The lowest BCUT2D eigenvalue weighted by molar-refractivity contribution is 0.538. The summed E-state index contributed by atoms with van der Waals surface area (Å²) >= 11 is 0. The maximum absolute atomic E-state index is 6.88. The van der Waals surface area contributed by atoms with Gasteiger partial charge in [-0.2, -0.15) is 0 Å². The summed E-state index contributed by atoms with van der Waals surface area (Å²) in [4.78, 5) is 0. The van der Waals surface area contributed by atoms with E-state index < -0.39 is 0 Å². The Bertz CT molecular complexity index is 113. The second kappa shape index (κ2) is 5.97. The highest BCUT2D eigenvalue weighted by Crippen LogP contribution is 1.92. The molecule has 0 saturated heterocycles. The first kappa shape index (κ1) is 10.2. The van der Waals surface area contributed by atoms with E-state index in [4.69, 9.17) is 11.1 Å². The summed E-state index contributed by atoms with van der Waals surface area (Å²) in [6, 6.07) is 0.545. The van der Waals surface area contributed by atoms with Gasteiger partial charge >= 0.3 is 0 Å². The highest BCUT2D eigenvalue weighted by atomic mass is 15.0. The Morgan fingerprint density at radius 3 is 2.73 bits per heavy atom. The average molecular weight is 158 g/mol. The molecule has 11 heavy (non-hydrogen) atoms. The molecular weight excluding hydrogens is 140 g/mol. The zero-order valence-corrected chi connectivity index (χ0v) is 7.28. The van der Waals surface area contributed by atoms with Crippen molar-refractivity contribution in [3.05, 3.63) is 0 Å². The largest absolute Gasteiger partial charge is 0.370 e. The third-order valence-electron chi connectivity index (χ3n) is 1.62. The Hall–Kier alpha value is -0.770. The molecule has 0 aliphatic rings. The molecule has 0 heterocycles. The standard InChI is InChI=1S/C7H18N4/c1-6(10-2)4-3-5-11-7(8)9/h6,10H,3-5H2,1-2H3,(H4,8,9,11). The lowest BCUT2D eigenvalue weighted by Crippen LogP contribution is -2.32. The van der Waals surface area contributed by atoms with Crippen LogP contribution in [0.4, 0.5) is 0 Å². The van der Waals surface area contributed by atoms with Gasteiger partial charge in [0, 0.05) is 12.6 Å². The van der Waals surface area contributed by atoms with Crippen molar-refractivity contribution in [2.75, 3.05) is 13.6 Å². The fraction of sp³-hybridized carbons (Fsp3) is 0.857. The first-order valence-electron chi connectivity index (χ1n) is 3.92. The van der Waals surface area contributed by atoms with Gasteiger partial charge in [-0.05, 0) is 26.8 Å². The second-order valence-electron chi connectivity index (χ2n) is 2.67. The van der Waals surface area contributed by atoms with Gasteiger partial charge in [0.05, 0.1) is 0 Å². The van der Waals surface area contributed by atoms with Crippen LogP contribution in [-0.2, 0) is 0 Å². The van der Waals surface area contributed by atoms with E-state index in [0.29, 0.717) is 6.04 Å². The molecule has 0 aliphatic carbocycles. The maximum Gasteiger partial charge on any atom is 0.185 e.